The number of nitrogens with one attached hydrogen (secondary N) is 2. The van der Waals surface area contributed by atoms with E-state index in [1.807, 2.05) is 7.05 Å². The van der Waals surface area contributed by atoms with E-state index in [0.717, 1.165) is 31.0 Å². The maximum atomic E-state index is 3.47. The third-order valence-electron chi connectivity index (χ3n) is 3.66. The SMILES string of the molecule is CNCNCC1CCCC2C=CC=CC21. The molecule has 0 aromatic rings. The van der Waals surface area contributed by atoms with Crippen molar-refractivity contribution in [2.24, 2.45) is 17.8 Å². The monoisotopic (exact) mass is 206 g/mol. The molecule has 0 aromatic carbocycles. The van der Waals surface area contributed by atoms with Crippen molar-refractivity contribution in [2.75, 3.05) is 20.3 Å². The van der Waals surface area contributed by atoms with Crippen molar-refractivity contribution in [3.8, 4) is 0 Å². The average Bonchev–Trinajstić information content (AvgIpc) is 2.30. The Bertz CT molecular complexity index is 245. The molecule has 0 bridgehead atoms. The van der Waals surface area contributed by atoms with Gasteiger partial charge in [0.15, 0.2) is 0 Å². The zero-order valence-electron chi connectivity index (χ0n) is 9.58. The fraction of sp³-hybridized carbons (Fsp3) is 0.692. The van der Waals surface area contributed by atoms with Crippen molar-refractivity contribution in [3.05, 3.63) is 24.3 Å². The van der Waals surface area contributed by atoms with Crippen LogP contribution in [-0.2, 0) is 0 Å². The Labute approximate surface area is 92.8 Å². The normalized spacial score (nSPS) is 34.1. The van der Waals surface area contributed by atoms with E-state index in [4.69, 9.17) is 0 Å². The van der Waals surface area contributed by atoms with Crippen molar-refractivity contribution >= 4 is 0 Å². The smallest absolute Gasteiger partial charge is 0.0451 e. The van der Waals surface area contributed by atoms with Gasteiger partial charge in [-0.3, -0.25) is 0 Å². The molecule has 0 aromatic heterocycles. The molecule has 0 spiro atoms. The Hall–Kier alpha value is -0.600. The molecule has 2 aliphatic carbocycles. The lowest BCUT2D eigenvalue weighted by Crippen LogP contribution is -2.37. The summed E-state index contributed by atoms with van der Waals surface area (Å²) >= 11 is 0. The molecule has 2 heteroatoms. The first-order chi connectivity index (χ1) is 7.42. The van der Waals surface area contributed by atoms with Gasteiger partial charge in [0.2, 0.25) is 0 Å². The Morgan fingerprint density at radius 2 is 2.07 bits per heavy atom. The Morgan fingerprint density at radius 1 is 1.20 bits per heavy atom. The largest absolute Gasteiger partial charge is 0.308 e. The highest BCUT2D eigenvalue weighted by Crippen LogP contribution is 2.37. The standard InChI is InChI=1S/C13H22N2/c1-14-10-15-9-12-7-4-6-11-5-2-3-8-13(11)12/h2-3,5,8,11-15H,4,6-7,9-10H2,1H3. The van der Waals surface area contributed by atoms with E-state index in [1.165, 1.54) is 19.3 Å². The fourth-order valence-corrected chi connectivity index (χ4v) is 2.89. The van der Waals surface area contributed by atoms with Crippen molar-refractivity contribution in [1.29, 1.82) is 0 Å². The maximum absolute atomic E-state index is 3.47. The van der Waals surface area contributed by atoms with Crippen molar-refractivity contribution in [1.82, 2.24) is 10.6 Å². The third kappa shape index (κ3) is 2.70. The predicted molar refractivity (Wildman–Crippen MR) is 64.5 cm³/mol. The topological polar surface area (TPSA) is 24.1 Å². The lowest BCUT2D eigenvalue weighted by molar-refractivity contribution is 0.221. The summed E-state index contributed by atoms with van der Waals surface area (Å²) in [6, 6.07) is 0. The molecule has 1 saturated carbocycles. The molecule has 1 fully saturated rings. The van der Waals surface area contributed by atoms with Crippen LogP contribution in [-0.4, -0.2) is 20.3 Å². The molecular weight excluding hydrogens is 184 g/mol. The van der Waals surface area contributed by atoms with E-state index < -0.39 is 0 Å². The highest BCUT2D eigenvalue weighted by molar-refractivity contribution is 5.16. The van der Waals surface area contributed by atoms with Crippen LogP contribution in [0.3, 0.4) is 0 Å². The van der Waals surface area contributed by atoms with Crippen LogP contribution < -0.4 is 10.6 Å². The number of hydrogen-bond donors (Lipinski definition) is 2. The molecule has 2 aliphatic rings. The summed E-state index contributed by atoms with van der Waals surface area (Å²) in [5.74, 6) is 2.43. The molecule has 0 heterocycles. The zero-order valence-corrected chi connectivity index (χ0v) is 9.58. The second-order valence-corrected chi connectivity index (χ2v) is 4.69. The summed E-state index contributed by atoms with van der Waals surface area (Å²) in [6.45, 7) is 2.08. The van der Waals surface area contributed by atoms with Crippen molar-refractivity contribution in [2.45, 2.75) is 19.3 Å². The lowest BCUT2D eigenvalue weighted by atomic mass is 9.70. The van der Waals surface area contributed by atoms with Gasteiger partial charge in [-0.15, -0.1) is 0 Å². The van der Waals surface area contributed by atoms with Crippen molar-refractivity contribution < 1.29 is 0 Å². The minimum absolute atomic E-state index is 0.785. The van der Waals surface area contributed by atoms with Crippen LogP contribution >= 0.6 is 0 Å². The fourth-order valence-electron chi connectivity index (χ4n) is 2.89. The van der Waals surface area contributed by atoms with Gasteiger partial charge in [-0.1, -0.05) is 30.7 Å². The molecular formula is C13H22N2. The van der Waals surface area contributed by atoms with E-state index >= 15 is 0 Å². The molecule has 0 aliphatic heterocycles. The van der Waals surface area contributed by atoms with Gasteiger partial charge in [-0.05, 0) is 44.2 Å². The van der Waals surface area contributed by atoms with E-state index in [2.05, 4.69) is 34.9 Å². The van der Waals surface area contributed by atoms with Crippen LogP contribution in [0.25, 0.3) is 0 Å². The number of allylic oxidation sites excluding steroid dienone is 4. The quantitative estimate of drug-likeness (QED) is 0.542. The Kier molecular flexibility index (Phi) is 3.98. The van der Waals surface area contributed by atoms with Crippen LogP contribution in [0.4, 0.5) is 0 Å². The summed E-state index contributed by atoms with van der Waals surface area (Å²) in [5.41, 5.74) is 0. The zero-order chi connectivity index (χ0) is 10.5. The van der Waals surface area contributed by atoms with Gasteiger partial charge in [0, 0.05) is 6.67 Å². The first-order valence-corrected chi connectivity index (χ1v) is 6.12. The molecule has 3 atom stereocenters. The molecule has 2 nitrogen and oxygen atoms in total. The third-order valence-corrected chi connectivity index (χ3v) is 3.66. The van der Waals surface area contributed by atoms with Gasteiger partial charge in [0.05, 0.1) is 0 Å². The van der Waals surface area contributed by atoms with Crippen LogP contribution in [0.5, 0.6) is 0 Å². The van der Waals surface area contributed by atoms with Crippen LogP contribution in [0.2, 0.25) is 0 Å². The number of hydrogen-bond acceptors (Lipinski definition) is 2. The molecule has 2 N–H and O–H groups in total. The molecule has 0 saturated heterocycles. The molecule has 3 unspecified atom stereocenters. The summed E-state index contributed by atoms with van der Waals surface area (Å²) in [4.78, 5) is 0. The first kappa shape index (κ1) is 10.9. The van der Waals surface area contributed by atoms with E-state index in [0.29, 0.717) is 0 Å². The summed E-state index contributed by atoms with van der Waals surface area (Å²) in [7, 11) is 1.99. The maximum Gasteiger partial charge on any atom is 0.0451 e. The average molecular weight is 206 g/mol. The molecule has 2 rings (SSSR count). The van der Waals surface area contributed by atoms with E-state index in [9.17, 15) is 0 Å². The number of rotatable bonds is 4. The summed E-state index contributed by atoms with van der Waals surface area (Å²) in [5, 5.41) is 6.60. The van der Waals surface area contributed by atoms with Crippen molar-refractivity contribution in [3.63, 3.8) is 0 Å². The minimum Gasteiger partial charge on any atom is -0.308 e. The van der Waals surface area contributed by atoms with Gasteiger partial charge >= 0.3 is 0 Å². The van der Waals surface area contributed by atoms with Crippen LogP contribution in [0.1, 0.15) is 19.3 Å². The Morgan fingerprint density at radius 3 is 2.93 bits per heavy atom. The van der Waals surface area contributed by atoms with Gasteiger partial charge in [-0.2, -0.15) is 0 Å². The second-order valence-electron chi connectivity index (χ2n) is 4.69. The van der Waals surface area contributed by atoms with Gasteiger partial charge in [0.1, 0.15) is 0 Å². The lowest BCUT2D eigenvalue weighted by Gasteiger charge is -2.36. The minimum atomic E-state index is 0.785. The first-order valence-electron chi connectivity index (χ1n) is 6.12. The summed E-state index contributed by atoms with van der Waals surface area (Å²) in [6.07, 6.45) is 13.4. The van der Waals surface area contributed by atoms with Gasteiger partial charge in [-0.25, -0.2) is 0 Å². The summed E-state index contributed by atoms with van der Waals surface area (Å²) < 4.78 is 0. The second kappa shape index (κ2) is 5.47. The van der Waals surface area contributed by atoms with Gasteiger partial charge in [0.25, 0.3) is 0 Å². The number of fused-ring (bicyclic) bond motifs is 1. The van der Waals surface area contributed by atoms with E-state index in [-0.39, 0.29) is 0 Å². The highest BCUT2D eigenvalue weighted by Gasteiger charge is 2.30. The van der Waals surface area contributed by atoms with Gasteiger partial charge < -0.3 is 10.6 Å². The van der Waals surface area contributed by atoms with Crippen LogP contribution in [0, 0.1) is 17.8 Å². The van der Waals surface area contributed by atoms with E-state index in [1.54, 1.807) is 0 Å². The highest BCUT2D eigenvalue weighted by atomic mass is 15.0. The molecule has 84 valence electrons. The molecule has 15 heavy (non-hydrogen) atoms. The Balaban J connectivity index is 1.87. The predicted octanol–water partition coefficient (Wildman–Crippen LogP) is 1.91. The van der Waals surface area contributed by atoms with Crippen LogP contribution in [0.15, 0.2) is 24.3 Å². The molecule has 0 radical (unpaired) electrons. The molecule has 0 amide bonds.